The van der Waals surface area contributed by atoms with Gasteiger partial charge in [0.2, 0.25) is 5.28 Å². The molecule has 1 N–H and O–H groups in total. The molecule has 0 radical (unpaired) electrons. The molecule has 0 fully saturated rings. The molecule has 0 aliphatic carbocycles. The summed E-state index contributed by atoms with van der Waals surface area (Å²) in [6.07, 6.45) is -4.65. The number of benzene rings is 1. The molecule has 0 saturated carbocycles. The first kappa shape index (κ1) is 16.0. The number of aromatic nitrogens is 2. The monoisotopic (exact) mass is 383 g/mol. The van der Waals surface area contributed by atoms with Crippen molar-refractivity contribution in [2.45, 2.75) is 13.1 Å². The Labute approximate surface area is 130 Å². The Kier molecular flexibility index (Phi) is 4.38. The van der Waals surface area contributed by atoms with E-state index in [9.17, 15) is 17.6 Å². The number of nitrogens with one attached hydrogen (secondary N) is 1. The largest absolute Gasteiger partial charge is 0.433 e. The summed E-state index contributed by atoms with van der Waals surface area (Å²) in [7, 11) is 0. The molecule has 9 heteroatoms. The second-order valence-electron chi connectivity index (χ2n) is 4.11. The predicted molar refractivity (Wildman–Crippen MR) is 74.2 cm³/mol. The highest BCUT2D eigenvalue weighted by atomic mass is 79.9. The SMILES string of the molecule is Cc1cc(Br)c(F)cc1Nc1cc(C(F)(F)F)nc(Cl)n1. The highest BCUT2D eigenvalue weighted by Crippen LogP contribution is 2.31. The summed E-state index contributed by atoms with van der Waals surface area (Å²) >= 11 is 8.49. The second-order valence-corrected chi connectivity index (χ2v) is 5.30. The molecule has 0 amide bonds. The Morgan fingerprint density at radius 1 is 1.19 bits per heavy atom. The lowest BCUT2D eigenvalue weighted by atomic mass is 10.2. The van der Waals surface area contributed by atoms with Gasteiger partial charge in [0.25, 0.3) is 0 Å². The van der Waals surface area contributed by atoms with E-state index in [4.69, 9.17) is 11.6 Å². The lowest BCUT2D eigenvalue weighted by molar-refractivity contribution is -0.141. The number of hydrogen-bond acceptors (Lipinski definition) is 3. The van der Waals surface area contributed by atoms with Gasteiger partial charge in [-0.25, -0.2) is 14.4 Å². The van der Waals surface area contributed by atoms with Crippen LogP contribution < -0.4 is 5.32 Å². The molecule has 0 unspecified atom stereocenters. The molecular formula is C12H7BrClF4N3. The fraction of sp³-hybridized carbons (Fsp3) is 0.167. The molecule has 0 bridgehead atoms. The lowest BCUT2D eigenvalue weighted by Gasteiger charge is -2.12. The van der Waals surface area contributed by atoms with E-state index in [0.29, 0.717) is 11.6 Å². The van der Waals surface area contributed by atoms with E-state index < -0.39 is 23.0 Å². The summed E-state index contributed by atoms with van der Waals surface area (Å²) in [4.78, 5) is 6.75. The molecule has 1 aromatic heterocycles. The minimum absolute atomic E-state index is 0.174. The van der Waals surface area contributed by atoms with Gasteiger partial charge in [0.05, 0.1) is 4.47 Å². The maximum absolute atomic E-state index is 13.5. The molecule has 21 heavy (non-hydrogen) atoms. The quantitative estimate of drug-likeness (QED) is 0.578. The topological polar surface area (TPSA) is 37.8 Å². The van der Waals surface area contributed by atoms with Crippen LogP contribution in [0.4, 0.5) is 29.1 Å². The van der Waals surface area contributed by atoms with Gasteiger partial charge < -0.3 is 5.32 Å². The number of anilines is 2. The standard InChI is InChI=1S/C12H7BrClF4N3/c1-5-2-6(13)7(15)3-8(5)19-10-4-9(12(16,17)18)20-11(14)21-10/h2-4H,1H3,(H,19,20,21). The zero-order chi connectivity index (χ0) is 15.8. The van der Waals surface area contributed by atoms with Crippen molar-refractivity contribution in [2.75, 3.05) is 5.32 Å². The molecule has 2 rings (SSSR count). The zero-order valence-corrected chi connectivity index (χ0v) is 12.7. The van der Waals surface area contributed by atoms with Gasteiger partial charge in [-0.15, -0.1) is 0 Å². The van der Waals surface area contributed by atoms with Gasteiger partial charge >= 0.3 is 6.18 Å². The Bertz CT molecular complexity index is 691. The van der Waals surface area contributed by atoms with Crippen LogP contribution in [-0.4, -0.2) is 9.97 Å². The summed E-state index contributed by atoms with van der Waals surface area (Å²) < 4.78 is 51.7. The van der Waals surface area contributed by atoms with Crippen molar-refractivity contribution >= 4 is 39.0 Å². The van der Waals surface area contributed by atoms with Crippen LogP contribution in [-0.2, 0) is 6.18 Å². The van der Waals surface area contributed by atoms with Crippen LogP contribution in [0.5, 0.6) is 0 Å². The summed E-state index contributed by atoms with van der Waals surface area (Å²) in [6, 6.07) is 3.33. The molecule has 0 aliphatic rings. The summed E-state index contributed by atoms with van der Waals surface area (Å²) in [5.41, 5.74) is -0.287. The van der Waals surface area contributed by atoms with Crippen molar-refractivity contribution in [2.24, 2.45) is 0 Å². The van der Waals surface area contributed by atoms with Crippen molar-refractivity contribution in [1.82, 2.24) is 9.97 Å². The Morgan fingerprint density at radius 2 is 1.86 bits per heavy atom. The average molecular weight is 385 g/mol. The van der Waals surface area contributed by atoms with Crippen LogP contribution in [0.15, 0.2) is 22.7 Å². The van der Waals surface area contributed by atoms with E-state index in [0.717, 1.165) is 6.07 Å². The number of alkyl halides is 3. The predicted octanol–water partition coefficient (Wildman–Crippen LogP) is 5.10. The first-order valence-electron chi connectivity index (χ1n) is 5.51. The molecule has 3 nitrogen and oxygen atoms in total. The molecule has 0 saturated heterocycles. The van der Waals surface area contributed by atoms with Gasteiger partial charge in [0.1, 0.15) is 11.6 Å². The van der Waals surface area contributed by atoms with Crippen molar-refractivity contribution < 1.29 is 17.6 Å². The number of aryl methyl sites for hydroxylation is 1. The number of hydrogen-bond donors (Lipinski definition) is 1. The summed E-state index contributed by atoms with van der Waals surface area (Å²) in [6.45, 7) is 1.67. The van der Waals surface area contributed by atoms with Crippen LogP contribution in [0.2, 0.25) is 5.28 Å². The Morgan fingerprint density at radius 3 is 2.48 bits per heavy atom. The first-order valence-corrected chi connectivity index (χ1v) is 6.68. The number of halogens is 6. The molecule has 1 heterocycles. The van der Waals surface area contributed by atoms with Crippen molar-refractivity contribution in [3.63, 3.8) is 0 Å². The van der Waals surface area contributed by atoms with E-state index in [2.05, 4.69) is 31.2 Å². The molecule has 112 valence electrons. The maximum atomic E-state index is 13.5. The van der Waals surface area contributed by atoms with E-state index in [-0.39, 0.29) is 16.0 Å². The van der Waals surface area contributed by atoms with Gasteiger partial charge in [-0.2, -0.15) is 13.2 Å². The molecule has 0 aliphatic heterocycles. The van der Waals surface area contributed by atoms with Crippen molar-refractivity contribution in [3.05, 3.63) is 45.0 Å². The highest BCUT2D eigenvalue weighted by Gasteiger charge is 2.33. The van der Waals surface area contributed by atoms with Gasteiger partial charge in [-0.05, 0) is 52.2 Å². The van der Waals surface area contributed by atoms with E-state index in [1.165, 1.54) is 6.07 Å². The van der Waals surface area contributed by atoms with Crippen LogP contribution >= 0.6 is 27.5 Å². The molecular weight excluding hydrogens is 378 g/mol. The van der Waals surface area contributed by atoms with Crippen LogP contribution in [0, 0.1) is 12.7 Å². The first-order chi connectivity index (χ1) is 9.66. The Hall–Kier alpha value is -1.41. The highest BCUT2D eigenvalue weighted by molar-refractivity contribution is 9.10. The number of rotatable bonds is 2. The average Bonchev–Trinajstić information content (AvgIpc) is 2.34. The summed E-state index contributed by atoms with van der Waals surface area (Å²) in [5, 5.41) is 2.04. The fourth-order valence-electron chi connectivity index (χ4n) is 1.55. The van der Waals surface area contributed by atoms with Gasteiger partial charge in [-0.1, -0.05) is 0 Å². The van der Waals surface area contributed by atoms with Crippen LogP contribution in [0.1, 0.15) is 11.3 Å². The fourth-order valence-corrected chi connectivity index (χ4v) is 2.19. The number of nitrogens with zero attached hydrogens (tertiary/aromatic N) is 2. The smallest absolute Gasteiger partial charge is 0.340 e. The van der Waals surface area contributed by atoms with Crippen LogP contribution in [0.3, 0.4) is 0 Å². The lowest BCUT2D eigenvalue weighted by Crippen LogP contribution is -2.10. The van der Waals surface area contributed by atoms with E-state index >= 15 is 0 Å². The molecule has 0 spiro atoms. The van der Waals surface area contributed by atoms with Crippen molar-refractivity contribution in [1.29, 1.82) is 0 Å². The van der Waals surface area contributed by atoms with Crippen LogP contribution in [0.25, 0.3) is 0 Å². The van der Waals surface area contributed by atoms with Gasteiger partial charge in [0.15, 0.2) is 5.69 Å². The van der Waals surface area contributed by atoms with Gasteiger partial charge in [0, 0.05) is 11.8 Å². The normalized spacial score (nSPS) is 11.6. The van der Waals surface area contributed by atoms with Crippen molar-refractivity contribution in [3.8, 4) is 0 Å². The third-order valence-electron chi connectivity index (χ3n) is 2.52. The van der Waals surface area contributed by atoms with E-state index in [1.807, 2.05) is 0 Å². The zero-order valence-electron chi connectivity index (χ0n) is 10.4. The molecule has 1 aromatic carbocycles. The minimum Gasteiger partial charge on any atom is -0.340 e. The second kappa shape index (κ2) is 5.76. The van der Waals surface area contributed by atoms with E-state index in [1.54, 1.807) is 6.92 Å². The molecule has 2 aromatic rings. The van der Waals surface area contributed by atoms with Gasteiger partial charge in [-0.3, -0.25) is 0 Å². The third kappa shape index (κ3) is 3.82. The maximum Gasteiger partial charge on any atom is 0.433 e. The minimum atomic E-state index is -4.65. The third-order valence-corrected chi connectivity index (χ3v) is 3.30. The summed E-state index contributed by atoms with van der Waals surface area (Å²) in [5.74, 6) is -0.730. The molecule has 0 atom stereocenters. The Balaban J connectivity index is 2.40.